The van der Waals surface area contributed by atoms with Crippen molar-refractivity contribution in [1.82, 2.24) is 15.9 Å². The molecule has 0 amide bonds. The summed E-state index contributed by atoms with van der Waals surface area (Å²) in [6, 6.07) is 9.58. The van der Waals surface area contributed by atoms with Crippen LogP contribution in [0, 0.1) is 0 Å². The second kappa shape index (κ2) is 35.4. The number of hydrogen-bond acceptors (Lipinski definition) is 8. The maximum atomic E-state index is 11.2. The van der Waals surface area contributed by atoms with Gasteiger partial charge >= 0.3 is 373 Å². The molecule has 0 unspecified atom stereocenters. The number of aromatic nitrogens is 4. The van der Waals surface area contributed by atoms with Gasteiger partial charge in [-0.1, -0.05) is 130 Å². The molecule has 8 nitrogen and oxygen atoms in total. The fourth-order valence-electron chi connectivity index (χ4n) is 14.7. The molecular formula is C68H108B2N4O4Se2. The Hall–Kier alpha value is -2.13. The zero-order valence-electron chi connectivity index (χ0n) is 51.0. The van der Waals surface area contributed by atoms with Crippen molar-refractivity contribution in [3.05, 3.63) is 46.5 Å². The second-order valence-electron chi connectivity index (χ2n) is 25.3. The van der Waals surface area contributed by atoms with Crippen LogP contribution in [0.3, 0.4) is 0 Å². The monoisotopic (exact) mass is 1230 g/mol. The number of nitrogens with zero attached hydrogens (tertiary/aromatic N) is 4. The first-order chi connectivity index (χ1) is 39.3. The van der Waals surface area contributed by atoms with Crippen molar-refractivity contribution < 1.29 is 20.1 Å². The molecule has 0 aliphatic heterocycles. The third-order valence-electron chi connectivity index (χ3n) is 19.3. The molecule has 80 heavy (non-hydrogen) atoms. The molecule has 0 saturated carbocycles. The topological polar surface area (TPSA) is 132 Å². The molecule has 2 aliphatic rings. The zero-order valence-corrected chi connectivity index (χ0v) is 54.4. The van der Waals surface area contributed by atoms with Gasteiger partial charge in [0.1, 0.15) is 0 Å². The minimum absolute atomic E-state index is 0.335. The number of hydrogen-bond donors (Lipinski definition) is 4. The van der Waals surface area contributed by atoms with Gasteiger partial charge in [-0.3, -0.25) is 0 Å². The normalized spacial score (nSPS) is 13.9. The summed E-state index contributed by atoms with van der Waals surface area (Å²) in [7, 11) is -3.26. The van der Waals surface area contributed by atoms with Gasteiger partial charge in [0, 0.05) is 0 Å². The third-order valence-corrected chi connectivity index (χ3v) is 21.5. The first-order valence-electron chi connectivity index (χ1n) is 33.8. The van der Waals surface area contributed by atoms with Crippen molar-refractivity contribution in [2.45, 2.75) is 321 Å². The van der Waals surface area contributed by atoms with E-state index in [9.17, 15) is 20.1 Å². The first-order valence-corrected chi connectivity index (χ1v) is 36.9. The van der Waals surface area contributed by atoms with Crippen molar-refractivity contribution in [3.8, 4) is 22.3 Å². The van der Waals surface area contributed by atoms with Crippen molar-refractivity contribution in [1.29, 1.82) is 0 Å². The summed E-state index contributed by atoms with van der Waals surface area (Å²) in [5.41, 5.74) is 13.6. The van der Waals surface area contributed by atoms with Crippen LogP contribution in [-0.2, 0) is 10.8 Å². The molecule has 2 aromatic heterocycles. The van der Waals surface area contributed by atoms with E-state index in [1.807, 2.05) is 0 Å². The number of fused-ring (bicyclic) bond motifs is 10. The average molecular weight is 1230 g/mol. The van der Waals surface area contributed by atoms with Crippen LogP contribution in [0.5, 0.6) is 0 Å². The summed E-state index contributed by atoms with van der Waals surface area (Å²) in [5.74, 6) is 0. The van der Waals surface area contributed by atoms with Crippen LogP contribution in [0.25, 0.3) is 44.3 Å². The van der Waals surface area contributed by atoms with Crippen LogP contribution in [0.15, 0.2) is 24.3 Å². The minimum atomic E-state index is -1.63. The van der Waals surface area contributed by atoms with E-state index in [0.717, 1.165) is 62.4 Å². The Labute approximate surface area is 499 Å². The average Bonchev–Trinajstić information content (AvgIpc) is 4.46. The Morgan fingerprint density at radius 2 is 0.525 bits per heavy atom. The van der Waals surface area contributed by atoms with Gasteiger partial charge in [0.25, 0.3) is 0 Å². The Kier molecular flexibility index (Phi) is 28.9. The molecule has 0 spiro atoms. The fraction of sp³-hybridized carbons (Fsp3) is 0.735. The van der Waals surface area contributed by atoms with Gasteiger partial charge in [-0.05, 0) is 0 Å². The molecule has 0 saturated heterocycles. The summed E-state index contributed by atoms with van der Waals surface area (Å²) in [5, 5.41) is 44.8. The molecule has 12 heteroatoms. The summed E-state index contributed by atoms with van der Waals surface area (Å²) in [4.78, 5) is 0. The van der Waals surface area contributed by atoms with Crippen molar-refractivity contribution in [2.75, 3.05) is 0 Å². The fourth-order valence-corrected chi connectivity index (χ4v) is 17.1. The number of unbranched alkanes of at least 4 members (excludes halogenated alkanes) is 36. The SMILES string of the molecule is CCCCCCCCCCCCC1(CCCCCCCCCCCC)c2cc3c(cc2-c2c1cc(B(O)O)c1n[se]nc21)C(CCCCCCCCCCCC)(CCCCCCCCCCCC)c1cc(B(O)O)c2n[se]nc2c1-3. The molecule has 0 bridgehead atoms. The molecule has 0 fully saturated rings. The van der Waals surface area contributed by atoms with Gasteiger partial charge in [-0.25, -0.2) is 0 Å². The van der Waals surface area contributed by atoms with Gasteiger partial charge in [0.2, 0.25) is 0 Å². The summed E-state index contributed by atoms with van der Waals surface area (Å²) < 4.78 is 20.4. The molecule has 3 aromatic carbocycles. The van der Waals surface area contributed by atoms with Gasteiger partial charge in [-0.15, -0.1) is 0 Å². The Bertz CT molecular complexity index is 2340. The molecule has 2 aliphatic carbocycles. The van der Waals surface area contributed by atoms with Crippen molar-refractivity contribution >= 4 is 77.2 Å². The third kappa shape index (κ3) is 17.1. The van der Waals surface area contributed by atoms with Gasteiger partial charge in [0.05, 0.1) is 0 Å². The summed E-state index contributed by atoms with van der Waals surface area (Å²) in [6.07, 6.45) is 55.4. The Morgan fingerprint density at radius 1 is 0.300 bits per heavy atom. The predicted molar refractivity (Wildman–Crippen MR) is 344 cm³/mol. The van der Waals surface area contributed by atoms with Crippen molar-refractivity contribution in [2.24, 2.45) is 0 Å². The zero-order chi connectivity index (χ0) is 56.4. The molecule has 442 valence electrons. The molecule has 0 atom stereocenters. The van der Waals surface area contributed by atoms with E-state index in [2.05, 4.69) is 52.0 Å². The molecule has 0 radical (unpaired) electrons. The van der Waals surface area contributed by atoms with Crippen LogP contribution in [-0.4, -0.2) is 80.2 Å². The Morgan fingerprint density at radius 3 is 0.762 bits per heavy atom. The van der Waals surface area contributed by atoms with Gasteiger partial charge in [-0.2, -0.15) is 0 Å². The first kappa shape index (κ1) is 65.4. The second-order valence-corrected chi connectivity index (χ2v) is 27.5. The Balaban J connectivity index is 1.31. The molecule has 4 N–H and O–H groups in total. The van der Waals surface area contributed by atoms with E-state index in [-0.39, 0.29) is 40.8 Å². The number of benzene rings is 3. The number of rotatable bonds is 46. The molecule has 5 aromatic rings. The summed E-state index contributed by atoms with van der Waals surface area (Å²) >= 11 is -0.730. The van der Waals surface area contributed by atoms with Gasteiger partial charge in [0.15, 0.2) is 0 Å². The molecule has 7 rings (SSSR count). The van der Waals surface area contributed by atoms with E-state index in [0.29, 0.717) is 22.0 Å². The van der Waals surface area contributed by atoms with Crippen molar-refractivity contribution in [3.63, 3.8) is 0 Å². The quantitative estimate of drug-likeness (QED) is 0.0224. The van der Waals surface area contributed by atoms with Crippen LogP contribution in [0.4, 0.5) is 0 Å². The standard InChI is InChI=1S/C68H108B2N4O4Se2/c1-5-9-13-17-21-25-29-33-37-41-45-67(46-42-38-34-30-26-22-18-14-10-6-2)55-49-54-56(50-53(55)61-57(67)51-59(69(75)76)63-65(61)73-79-71-63)68(47-43-39-35-31-27-23-19-15-11-7-3,48-44-40-36-32-28-24-20-16-12-8-4)58-52-60(70(77)78)64-66(62(54)58)74-80-72-64/h49-52,75-78H,5-48H2,1-4H3. The van der Waals surface area contributed by atoms with E-state index >= 15 is 0 Å². The predicted octanol–water partition coefficient (Wildman–Crippen LogP) is 16.8. The van der Waals surface area contributed by atoms with E-state index in [4.69, 9.17) is 15.9 Å². The van der Waals surface area contributed by atoms with Crippen LogP contribution < -0.4 is 10.9 Å². The molecule has 2 heterocycles. The van der Waals surface area contributed by atoms with E-state index in [1.54, 1.807) is 0 Å². The van der Waals surface area contributed by atoms with Crippen LogP contribution in [0.2, 0.25) is 0 Å². The maximum absolute atomic E-state index is 11.2. The van der Waals surface area contributed by atoms with E-state index in [1.165, 1.54) is 276 Å². The van der Waals surface area contributed by atoms with Gasteiger partial charge < -0.3 is 0 Å². The van der Waals surface area contributed by atoms with E-state index < -0.39 is 14.2 Å². The van der Waals surface area contributed by atoms with Crippen LogP contribution in [0.1, 0.15) is 332 Å². The van der Waals surface area contributed by atoms with Crippen LogP contribution >= 0.6 is 0 Å². The summed E-state index contributed by atoms with van der Waals surface area (Å²) in [6.45, 7) is 9.19. The molecular weight excluding hydrogens is 1120 g/mol.